The van der Waals surface area contributed by atoms with Gasteiger partial charge < -0.3 is 9.47 Å². The summed E-state index contributed by atoms with van der Waals surface area (Å²) >= 11 is 0. The molecule has 15 heavy (non-hydrogen) atoms. The lowest BCUT2D eigenvalue weighted by atomic mass is 10.1. The first kappa shape index (κ1) is 11.1. The minimum Gasteiger partial charge on any atom is -0.497 e. The molecule has 0 bridgehead atoms. The van der Waals surface area contributed by atoms with Gasteiger partial charge in [0.1, 0.15) is 11.5 Å². The molecular weight excluding hydrogens is 192 g/mol. The first-order chi connectivity index (χ1) is 7.21. The molecule has 0 amide bonds. The number of hydrogen-bond donors (Lipinski definition) is 0. The highest BCUT2D eigenvalue weighted by Crippen LogP contribution is 2.23. The highest BCUT2D eigenvalue weighted by molar-refractivity contribution is 5.98. The third kappa shape index (κ3) is 2.75. The van der Waals surface area contributed by atoms with Gasteiger partial charge in [0.2, 0.25) is 0 Å². The van der Waals surface area contributed by atoms with Crippen molar-refractivity contribution < 1.29 is 14.3 Å². The summed E-state index contributed by atoms with van der Waals surface area (Å²) in [6.07, 6.45) is 5.15. The van der Waals surface area contributed by atoms with Crippen molar-refractivity contribution in [2.45, 2.75) is 6.42 Å². The maximum Gasteiger partial charge on any atom is 0.174 e. The summed E-state index contributed by atoms with van der Waals surface area (Å²) in [7, 11) is 3.06. The molecule has 0 atom stereocenters. The van der Waals surface area contributed by atoms with E-state index in [0.717, 1.165) is 0 Å². The molecule has 0 spiro atoms. The number of carbonyl (C=O) groups is 1. The zero-order chi connectivity index (χ0) is 11.3. The smallest absolute Gasteiger partial charge is 0.174 e. The molecule has 0 heterocycles. The molecule has 78 valence electrons. The fourth-order valence-electron chi connectivity index (χ4n) is 1.16. The van der Waals surface area contributed by atoms with Crippen LogP contribution in [0.25, 0.3) is 0 Å². The summed E-state index contributed by atoms with van der Waals surface area (Å²) in [6.45, 7) is 0. The fraction of sp³-hybridized carbons (Fsp3) is 0.250. The standard InChI is InChI=1S/C12H12O3/c1-4-5-12(13)9-6-10(14-2)8-11(7-9)15-3/h1,6-8H,5H2,2-3H3. The fourth-order valence-corrected chi connectivity index (χ4v) is 1.16. The first-order valence-corrected chi connectivity index (χ1v) is 4.41. The average Bonchev–Trinajstić information content (AvgIpc) is 2.28. The number of ether oxygens (including phenoxy) is 2. The van der Waals surface area contributed by atoms with Crippen LogP contribution in [0.1, 0.15) is 16.8 Å². The van der Waals surface area contributed by atoms with Crippen LogP contribution >= 0.6 is 0 Å². The van der Waals surface area contributed by atoms with Gasteiger partial charge >= 0.3 is 0 Å². The Labute approximate surface area is 89.0 Å². The van der Waals surface area contributed by atoms with E-state index in [0.29, 0.717) is 17.1 Å². The van der Waals surface area contributed by atoms with Crippen molar-refractivity contribution in [2.24, 2.45) is 0 Å². The molecule has 0 saturated carbocycles. The van der Waals surface area contributed by atoms with Gasteiger partial charge in [-0.2, -0.15) is 0 Å². The number of terminal acetylenes is 1. The van der Waals surface area contributed by atoms with E-state index in [4.69, 9.17) is 15.9 Å². The minimum atomic E-state index is -0.116. The molecule has 3 nitrogen and oxygen atoms in total. The molecule has 1 rings (SSSR count). The first-order valence-electron chi connectivity index (χ1n) is 4.41. The Morgan fingerprint density at radius 2 is 1.80 bits per heavy atom. The van der Waals surface area contributed by atoms with Crippen molar-refractivity contribution in [1.29, 1.82) is 0 Å². The Morgan fingerprint density at radius 1 is 1.27 bits per heavy atom. The van der Waals surface area contributed by atoms with E-state index in [-0.39, 0.29) is 12.2 Å². The number of Topliss-reactive ketones (excluding diaryl/α,β-unsaturated/α-hetero) is 1. The van der Waals surface area contributed by atoms with Gasteiger partial charge in [0, 0.05) is 11.6 Å². The summed E-state index contributed by atoms with van der Waals surface area (Å²) in [5.74, 6) is 3.35. The van der Waals surface area contributed by atoms with Crippen molar-refractivity contribution >= 4 is 5.78 Å². The normalized spacial score (nSPS) is 9.13. The van der Waals surface area contributed by atoms with Crippen molar-refractivity contribution in [3.8, 4) is 23.8 Å². The molecule has 0 aliphatic carbocycles. The summed E-state index contributed by atoms with van der Waals surface area (Å²) < 4.78 is 10.1. The van der Waals surface area contributed by atoms with Gasteiger partial charge in [0.15, 0.2) is 5.78 Å². The van der Waals surface area contributed by atoms with Gasteiger partial charge in [0.05, 0.1) is 20.6 Å². The summed E-state index contributed by atoms with van der Waals surface area (Å²) in [5, 5.41) is 0. The Kier molecular flexibility index (Phi) is 3.75. The van der Waals surface area contributed by atoms with E-state index in [9.17, 15) is 4.79 Å². The van der Waals surface area contributed by atoms with Gasteiger partial charge in [-0.25, -0.2) is 0 Å². The van der Waals surface area contributed by atoms with Gasteiger partial charge in [-0.15, -0.1) is 6.42 Å². The SMILES string of the molecule is C#CCC(=O)c1cc(OC)cc(OC)c1. The highest BCUT2D eigenvalue weighted by Gasteiger charge is 2.08. The van der Waals surface area contributed by atoms with Crippen LogP contribution in [0.15, 0.2) is 18.2 Å². The molecule has 3 heteroatoms. The van der Waals surface area contributed by atoms with E-state index in [1.54, 1.807) is 18.2 Å². The third-order valence-electron chi connectivity index (χ3n) is 1.94. The second kappa shape index (κ2) is 5.06. The number of rotatable bonds is 4. The predicted molar refractivity (Wildman–Crippen MR) is 57.3 cm³/mol. The maximum absolute atomic E-state index is 11.5. The van der Waals surface area contributed by atoms with Crippen LogP contribution in [0.4, 0.5) is 0 Å². The van der Waals surface area contributed by atoms with E-state index in [1.165, 1.54) is 14.2 Å². The molecule has 0 radical (unpaired) electrons. The summed E-state index contributed by atoms with van der Waals surface area (Å²) in [5.41, 5.74) is 0.504. The van der Waals surface area contributed by atoms with Gasteiger partial charge in [-0.05, 0) is 12.1 Å². The Balaban J connectivity index is 3.07. The van der Waals surface area contributed by atoms with E-state index >= 15 is 0 Å². The van der Waals surface area contributed by atoms with Crippen LogP contribution in [-0.2, 0) is 0 Å². The molecule has 0 unspecified atom stereocenters. The summed E-state index contributed by atoms with van der Waals surface area (Å²) in [6, 6.07) is 4.98. The van der Waals surface area contributed by atoms with Crippen molar-refractivity contribution in [3.63, 3.8) is 0 Å². The van der Waals surface area contributed by atoms with Crippen LogP contribution in [0.2, 0.25) is 0 Å². The van der Waals surface area contributed by atoms with Crippen molar-refractivity contribution in [3.05, 3.63) is 23.8 Å². The lowest BCUT2D eigenvalue weighted by molar-refractivity contribution is 0.0997. The van der Waals surface area contributed by atoms with Crippen LogP contribution in [0.5, 0.6) is 11.5 Å². The molecule has 0 fully saturated rings. The lowest BCUT2D eigenvalue weighted by Crippen LogP contribution is -1.99. The average molecular weight is 204 g/mol. The number of methoxy groups -OCH3 is 2. The zero-order valence-electron chi connectivity index (χ0n) is 8.74. The molecular formula is C12H12O3. The molecule has 0 aliphatic rings. The van der Waals surface area contributed by atoms with E-state index in [2.05, 4.69) is 5.92 Å². The molecule has 1 aromatic rings. The number of hydrogen-bond acceptors (Lipinski definition) is 3. The Hall–Kier alpha value is -1.95. The molecule has 0 aliphatic heterocycles. The largest absolute Gasteiger partial charge is 0.497 e. The highest BCUT2D eigenvalue weighted by atomic mass is 16.5. The topological polar surface area (TPSA) is 35.5 Å². The molecule has 1 aromatic carbocycles. The second-order valence-corrected chi connectivity index (χ2v) is 2.91. The minimum absolute atomic E-state index is 0.0797. The second-order valence-electron chi connectivity index (χ2n) is 2.91. The van der Waals surface area contributed by atoms with Crippen molar-refractivity contribution in [1.82, 2.24) is 0 Å². The molecule has 0 aromatic heterocycles. The number of ketones is 1. The van der Waals surface area contributed by atoms with Crippen LogP contribution in [0, 0.1) is 12.3 Å². The monoisotopic (exact) mass is 204 g/mol. The van der Waals surface area contributed by atoms with Crippen LogP contribution < -0.4 is 9.47 Å². The van der Waals surface area contributed by atoms with E-state index in [1.807, 2.05) is 0 Å². The predicted octanol–water partition coefficient (Wildman–Crippen LogP) is 1.91. The Bertz CT molecular complexity index is 380. The molecule has 0 saturated heterocycles. The Morgan fingerprint density at radius 3 is 2.20 bits per heavy atom. The maximum atomic E-state index is 11.5. The lowest BCUT2D eigenvalue weighted by Gasteiger charge is -2.06. The van der Waals surface area contributed by atoms with Gasteiger partial charge in [-0.1, -0.05) is 5.92 Å². The number of carbonyl (C=O) groups excluding carboxylic acids is 1. The number of benzene rings is 1. The van der Waals surface area contributed by atoms with Crippen molar-refractivity contribution in [2.75, 3.05) is 14.2 Å². The third-order valence-corrected chi connectivity index (χ3v) is 1.94. The molecule has 0 N–H and O–H groups in total. The quantitative estimate of drug-likeness (QED) is 0.555. The van der Waals surface area contributed by atoms with Gasteiger partial charge in [-0.3, -0.25) is 4.79 Å². The van der Waals surface area contributed by atoms with Crippen LogP contribution in [-0.4, -0.2) is 20.0 Å². The zero-order valence-corrected chi connectivity index (χ0v) is 8.74. The van der Waals surface area contributed by atoms with E-state index < -0.39 is 0 Å². The van der Waals surface area contributed by atoms with Crippen LogP contribution in [0.3, 0.4) is 0 Å². The van der Waals surface area contributed by atoms with Gasteiger partial charge in [0.25, 0.3) is 0 Å². The summed E-state index contributed by atoms with van der Waals surface area (Å²) in [4.78, 5) is 11.5.